The van der Waals surface area contributed by atoms with E-state index in [0.717, 1.165) is 6.07 Å². The van der Waals surface area contributed by atoms with Gasteiger partial charge in [0.05, 0.1) is 17.7 Å². The van der Waals surface area contributed by atoms with Crippen molar-refractivity contribution in [2.45, 2.75) is 13.0 Å². The molecule has 0 aromatic heterocycles. The van der Waals surface area contributed by atoms with Crippen LogP contribution in [-0.2, 0) is 4.79 Å². The summed E-state index contributed by atoms with van der Waals surface area (Å²) in [7, 11) is 0. The summed E-state index contributed by atoms with van der Waals surface area (Å²) in [4.78, 5) is 22.4. The smallest absolute Gasteiger partial charge is 0.284 e. The number of carbonyl (C=O) groups is 1. The number of rotatable bonds is 6. The topological polar surface area (TPSA) is 135 Å². The third-order valence-corrected chi connectivity index (χ3v) is 3.74. The molecular weight excluding hydrogens is 370 g/mol. The molecule has 10 heteroatoms. The van der Waals surface area contributed by atoms with Crippen molar-refractivity contribution >= 4 is 17.8 Å². The number of hydrogen-bond donors (Lipinski definition) is 1. The van der Waals surface area contributed by atoms with Crippen LogP contribution in [0.5, 0.6) is 23.0 Å². The van der Waals surface area contributed by atoms with E-state index in [9.17, 15) is 20.0 Å². The first-order valence-corrected chi connectivity index (χ1v) is 8.33. The lowest BCUT2D eigenvalue weighted by molar-refractivity contribution is -0.398. The van der Waals surface area contributed by atoms with Crippen LogP contribution in [0.15, 0.2) is 41.5 Å². The standard InChI is InChI=1S/C18H17N3O7/c1-2-26-15-8-11(7-12(17(15)22)21(24)25)9-19-20-18(23)16-10-27-13-5-3-4-6-14(13)28-16/h3-9,16,22H,2,10H2,1H3,(H,20,23)/p-1/b19-9-/t16-/m1/s1. The molecule has 0 saturated carbocycles. The van der Waals surface area contributed by atoms with Crippen molar-refractivity contribution in [3.63, 3.8) is 0 Å². The lowest BCUT2D eigenvalue weighted by atomic mass is 10.2. The number of nitrogens with zero attached hydrogens (tertiary/aromatic N) is 2. The molecule has 3 rings (SSSR count). The maximum absolute atomic E-state index is 12.2. The third-order valence-electron chi connectivity index (χ3n) is 3.74. The predicted molar refractivity (Wildman–Crippen MR) is 95.8 cm³/mol. The fourth-order valence-electron chi connectivity index (χ4n) is 2.47. The Kier molecular flexibility index (Phi) is 5.58. The van der Waals surface area contributed by atoms with Crippen LogP contribution in [0.1, 0.15) is 12.5 Å². The van der Waals surface area contributed by atoms with Crippen LogP contribution >= 0.6 is 0 Å². The zero-order valence-electron chi connectivity index (χ0n) is 14.8. The van der Waals surface area contributed by atoms with Gasteiger partial charge in [-0.05, 0) is 25.1 Å². The minimum Gasteiger partial charge on any atom is -0.865 e. The van der Waals surface area contributed by atoms with Crippen molar-refractivity contribution in [1.29, 1.82) is 0 Å². The van der Waals surface area contributed by atoms with E-state index in [1.54, 1.807) is 31.2 Å². The fourth-order valence-corrected chi connectivity index (χ4v) is 2.47. The van der Waals surface area contributed by atoms with E-state index in [-0.39, 0.29) is 24.5 Å². The Bertz CT molecular complexity index is 929. The summed E-state index contributed by atoms with van der Waals surface area (Å²) in [5, 5.41) is 26.7. The molecule has 0 unspecified atom stereocenters. The molecule has 0 fully saturated rings. The van der Waals surface area contributed by atoms with E-state index in [1.807, 2.05) is 0 Å². The van der Waals surface area contributed by atoms with Crippen molar-refractivity contribution in [1.82, 2.24) is 5.43 Å². The van der Waals surface area contributed by atoms with Gasteiger partial charge in [0.1, 0.15) is 12.4 Å². The van der Waals surface area contributed by atoms with E-state index in [0.29, 0.717) is 11.5 Å². The number of nitro benzene ring substituents is 1. The molecule has 10 nitrogen and oxygen atoms in total. The number of nitro groups is 1. The minimum absolute atomic E-state index is 0.0171. The summed E-state index contributed by atoms with van der Waals surface area (Å²) in [5.41, 5.74) is 1.87. The molecule has 28 heavy (non-hydrogen) atoms. The fraction of sp³-hybridized carbons (Fsp3) is 0.222. The molecule has 2 aromatic carbocycles. The highest BCUT2D eigenvalue weighted by molar-refractivity contribution is 5.86. The Balaban J connectivity index is 1.69. The SMILES string of the molecule is CCOc1cc(/C=N\NC(=O)[C@H]2COc3ccccc3O2)cc([N+](=O)[O-])c1[O-]. The molecule has 1 amide bonds. The van der Waals surface area contributed by atoms with Crippen LogP contribution in [0.2, 0.25) is 0 Å². The van der Waals surface area contributed by atoms with Crippen molar-refractivity contribution < 1.29 is 29.0 Å². The number of hydrazone groups is 1. The Hall–Kier alpha value is -3.82. The van der Waals surface area contributed by atoms with Gasteiger partial charge in [-0.15, -0.1) is 0 Å². The summed E-state index contributed by atoms with van der Waals surface area (Å²) in [6, 6.07) is 9.31. The first kappa shape index (κ1) is 19.0. The van der Waals surface area contributed by atoms with Crippen LogP contribution in [0.25, 0.3) is 0 Å². The van der Waals surface area contributed by atoms with Gasteiger partial charge < -0.3 is 19.3 Å². The highest BCUT2D eigenvalue weighted by Gasteiger charge is 2.27. The van der Waals surface area contributed by atoms with E-state index in [2.05, 4.69) is 10.5 Å². The molecule has 0 saturated heterocycles. The number of ether oxygens (including phenoxy) is 3. The van der Waals surface area contributed by atoms with Crippen LogP contribution in [0.3, 0.4) is 0 Å². The lowest BCUT2D eigenvalue weighted by Gasteiger charge is -2.24. The van der Waals surface area contributed by atoms with Gasteiger partial charge in [-0.1, -0.05) is 12.1 Å². The normalized spacial score (nSPS) is 15.2. The number of hydrogen-bond acceptors (Lipinski definition) is 8. The van der Waals surface area contributed by atoms with Gasteiger partial charge in [0.15, 0.2) is 11.5 Å². The largest absolute Gasteiger partial charge is 0.865 e. The van der Waals surface area contributed by atoms with Gasteiger partial charge in [-0.3, -0.25) is 14.9 Å². The molecule has 2 aromatic rings. The molecule has 0 radical (unpaired) electrons. The highest BCUT2D eigenvalue weighted by Crippen LogP contribution is 2.34. The van der Waals surface area contributed by atoms with Crippen molar-refractivity contribution in [3.8, 4) is 23.0 Å². The lowest BCUT2D eigenvalue weighted by Crippen LogP contribution is -2.42. The van der Waals surface area contributed by atoms with Gasteiger partial charge in [0.2, 0.25) is 6.10 Å². The maximum Gasteiger partial charge on any atom is 0.284 e. The number of carbonyl (C=O) groups excluding carboxylic acids is 1. The van der Waals surface area contributed by atoms with Crippen LogP contribution < -0.4 is 24.7 Å². The summed E-state index contributed by atoms with van der Waals surface area (Å²) < 4.78 is 16.1. The average molecular weight is 386 g/mol. The Morgan fingerprint density at radius 1 is 1.39 bits per heavy atom. The van der Waals surface area contributed by atoms with Gasteiger partial charge in [0, 0.05) is 17.4 Å². The first-order chi connectivity index (χ1) is 13.5. The van der Waals surface area contributed by atoms with E-state index < -0.39 is 28.4 Å². The van der Waals surface area contributed by atoms with E-state index >= 15 is 0 Å². The molecule has 0 aliphatic carbocycles. The molecule has 0 bridgehead atoms. The zero-order chi connectivity index (χ0) is 20.1. The van der Waals surface area contributed by atoms with Crippen LogP contribution in [0, 0.1) is 10.1 Å². The van der Waals surface area contributed by atoms with Crippen molar-refractivity contribution in [3.05, 3.63) is 52.1 Å². The summed E-state index contributed by atoms with van der Waals surface area (Å²) in [6.07, 6.45) is 0.272. The number of fused-ring (bicyclic) bond motifs is 1. The number of amides is 1. The predicted octanol–water partition coefficient (Wildman–Crippen LogP) is 1.36. The van der Waals surface area contributed by atoms with Gasteiger partial charge >= 0.3 is 0 Å². The Morgan fingerprint density at radius 3 is 2.86 bits per heavy atom. The Labute approximate surface area is 159 Å². The third kappa shape index (κ3) is 4.11. The molecule has 0 spiro atoms. The average Bonchev–Trinajstić information content (AvgIpc) is 2.69. The number of para-hydroxylation sites is 2. The second kappa shape index (κ2) is 8.25. The first-order valence-electron chi connectivity index (χ1n) is 8.33. The summed E-state index contributed by atoms with van der Waals surface area (Å²) in [5.74, 6) is -0.542. The van der Waals surface area contributed by atoms with Crippen molar-refractivity contribution in [2.24, 2.45) is 5.10 Å². The molecule has 1 aliphatic heterocycles. The van der Waals surface area contributed by atoms with E-state index in [4.69, 9.17) is 14.2 Å². The van der Waals surface area contributed by atoms with Crippen molar-refractivity contribution in [2.75, 3.05) is 13.2 Å². The molecular formula is C18H16N3O7-. The number of benzene rings is 2. The van der Waals surface area contributed by atoms with Gasteiger partial charge in [0.25, 0.3) is 11.6 Å². The zero-order valence-corrected chi connectivity index (χ0v) is 14.8. The second-order valence-corrected chi connectivity index (χ2v) is 5.66. The highest BCUT2D eigenvalue weighted by atomic mass is 16.6. The molecule has 1 heterocycles. The Morgan fingerprint density at radius 2 is 2.14 bits per heavy atom. The quantitative estimate of drug-likeness (QED) is 0.450. The summed E-state index contributed by atoms with van der Waals surface area (Å²) >= 11 is 0. The minimum atomic E-state index is -0.899. The maximum atomic E-state index is 12.2. The van der Waals surface area contributed by atoms with Crippen LogP contribution in [0.4, 0.5) is 5.69 Å². The van der Waals surface area contributed by atoms with Crippen LogP contribution in [-0.4, -0.2) is 36.4 Å². The van der Waals surface area contributed by atoms with E-state index in [1.165, 1.54) is 12.3 Å². The van der Waals surface area contributed by atoms with Gasteiger partial charge in [-0.2, -0.15) is 5.10 Å². The number of nitrogens with one attached hydrogen (secondary N) is 1. The monoisotopic (exact) mass is 386 g/mol. The second-order valence-electron chi connectivity index (χ2n) is 5.66. The van der Waals surface area contributed by atoms with Gasteiger partial charge in [-0.25, -0.2) is 5.43 Å². The molecule has 1 aliphatic rings. The summed E-state index contributed by atoms with van der Waals surface area (Å²) in [6.45, 7) is 1.84. The molecule has 1 atom stereocenters. The molecule has 146 valence electrons. The molecule has 1 N–H and O–H groups in total.